The minimum atomic E-state index is -1.53. The van der Waals surface area contributed by atoms with Crippen LogP contribution in [0.4, 0.5) is 0 Å². The zero-order chi connectivity index (χ0) is 66.1. The van der Waals surface area contributed by atoms with Crippen molar-refractivity contribution < 1.29 is 42.9 Å². The fourth-order valence-electron chi connectivity index (χ4n) is 9.50. The summed E-state index contributed by atoms with van der Waals surface area (Å²) in [5.41, 5.74) is 0. The molecule has 0 bridgehead atoms. The summed E-state index contributed by atoms with van der Waals surface area (Å²) in [6.07, 6.45) is 103. The van der Waals surface area contributed by atoms with Gasteiger partial charge in [0.25, 0.3) is 6.29 Å². The highest BCUT2D eigenvalue weighted by Gasteiger charge is 2.25. The second-order valence-corrected chi connectivity index (χ2v) is 24.8. The number of nitrogens with zero attached hydrogens (tertiary/aromatic N) is 1. The molecule has 0 spiro atoms. The number of allylic oxidation sites excluding steroid dienone is 28. The number of rotatable bonds is 65. The van der Waals surface area contributed by atoms with Crippen LogP contribution in [0, 0.1) is 0 Å². The van der Waals surface area contributed by atoms with Crippen molar-refractivity contribution in [3.63, 3.8) is 0 Å². The van der Waals surface area contributed by atoms with Crippen LogP contribution in [0.1, 0.15) is 271 Å². The Labute approximate surface area is 558 Å². The lowest BCUT2D eigenvalue weighted by molar-refractivity contribution is -0.870. The first-order valence-electron chi connectivity index (χ1n) is 36.3. The number of likely N-dealkylation sites (N-methyl/N-ethyl adjacent to an activating group) is 1. The number of carboxylic acids is 1. The van der Waals surface area contributed by atoms with E-state index in [2.05, 4.69) is 184 Å². The molecule has 9 nitrogen and oxygen atoms in total. The molecular weight excluding hydrogens is 1130 g/mol. The lowest BCUT2D eigenvalue weighted by Crippen LogP contribution is -2.40. The second kappa shape index (κ2) is 70.5. The smallest absolute Gasteiger partial charge is 0.361 e. The minimum absolute atomic E-state index is 0.171. The van der Waals surface area contributed by atoms with Gasteiger partial charge in [-0.2, -0.15) is 0 Å². The molecule has 91 heavy (non-hydrogen) atoms. The normalized spacial score (nSPS) is 13.7. The fraction of sp³-hybridized carbons (Fsp3) is 0.622. The molecule has 0 saturated heterocycles. The van der Waals surface area contributed by atoms with E-state index >= 15 is 0 Å². The van der Waals surface area contributed by atoms with E-state index in [4.69, 9.17) is 18.9 Å². The van der Waals surface area contributed by atoms with Gasteiger partial charge < -0.3 is 28.5 Å². The molecule has 0 rings (SSSR count). The summed E-state index contributed by atoms with van der Waals surface area (Å²) in [4.78, 5) is 37.6. The summed E-state index contributed by atoms with van der Waals surface area (Å²) in [6.45, 7) is 4.60. The second-order valence-electron chi connectivity index (χ2n) is 24.8. The van der Waals surface area contributed by atoms with Crippen LogP contribution in [0.3, 0.4) is 0 Å². The molecule has 2 atom stereocenters. The van der Waals surface area contributed by atoms with Crippen molar-refractivity contribution in [3.05, 3.63) is 170 Å². The molecule has 0 heterocycles. The Morgan fingerprint density at radius 3 is 0.901 bits per heavy atom. The summed E-state index contributed by atoms with van der Waals surface area (Å²) in [5, 5.41) is 9.75. The van der Waals surface area contributed by atoms with Crippen molar-refractivity contribution in [1.82, 2.24) is 0 Å². The number of hydrogen-bond donors (Lipinski definition) is 1. The predicted molar refractivity (Wildman–Crippen MR) is 391 cm³/mol. The maximum absolute atomic E-state index is 12.9. The van der Waals surface area contributed by atoms with Crippen molar-refractivity contribution in [3.8, 4) is 0 Å². The van der Waals surface area contributed by atoms with Gasteiger partial charge in [-0.3, -0.25) is 9.59 Å². The molecular formula is C82H134NO8+. The number of hydrogen-bond acceptors (Lipinski definition) is 7. The topological polar surface area (TPSA) is 108 Å². The Morgan fingerprint density at radius 1 is 0.330 bits per heavy atom. The van der Waals surface area contributed by atoms with Crippen LogP contribution in [-0.2, 0) is 33.3 Å². The Hall–Kier alpha value is -5.35. The third-order valence-electron chi connectivity index (χ3n) is 15.0. The van der Waals surface area contributed by atoms with E-state index in [9.17, 15) is 19.5 Å². The molecule has 0 aromatic carbocycles. The Morgan fingerprint density at radius 2 is 0.593 bits per heavy atom. The van der Waals surface area contributed by atoms with E-state index in [0.29, 0.717) is 17.4 Å². The molecule has 0 amide bonds. The van der Waals surface area contributed by atoms with Crippen LogP contribution in [0.2, 0.25) is 0 Å². The monoisotopic (exact) mass is 1260 g/mol. The number of carboxylic acid groups (broad SMARTS) is 1. The standard InChI is InChI=1S/C82H133NO8/c1-6-8-10-12-14-16-18-20-22-24-26-28-30-32-34-36-38-40-42-44-46-48-50-52-54-56-58-60-62-64-66-68-70-72-79(84)89-76-78(77-90-82(81(86)87)88-75-74-83(3,4)5)91-80(85)73-71-69-67-65-63-61-59-57-55-53-51-49-47-45-43-41-39-37-35-33-31-29-27-25-23-21-19-17-15-13-11-9-7-2/h8-11,14-17,20-23,26-29,33,35,39,41,45,47,51,53,57,59,63,65,78,82H,6-7,12-13,18-19,24-25,30-32,34,36-38,40,42-44,46,48-50,52,54-56,58,60-62,64,66-77H2,1-5H3/p+1/b10-8-,11-9-,16-14-,17-15-,22-20-,23-21-,28-26-,29-27-,35-33-,41-39-,47-45-,53-51-,59-57-,65-63-. The van der Waals surface area contributed by atoms with Gasteiger partial charge in [0.2, 0.25) is 0 Å². The van der Waals surface area contributed by atoms with E-state index in [1.165, 1.54) is 116 Å². The Balaban J connectivity index is 4.21. The predicted octanol–water partition coefficient (Wildman–Crippen LogP) is 23.0. The van der Waals surface area contributed by atoms with Gasteiger partial charge >= 0.3 is 17.9 Å². The molecule has 0 aliphatic rings. The molecule has 1 N–H and O–H groups in total. The number of aliphatic carboxylic acids is 1. The van der Waals surface area contributed by atoms with Crippen molar-refractivity contribution in [2.45, 2.75) is 283 Å². The summed E-state index contributed by atoms with van der Waals surface area (Å²) in [6, 6.07) is 0. The lowest BCUT2D eigenvalue weighted by atomic mass is 10.0. The Bertz CT molecular complexity index is 2100. The molecule has 0 saturated carbocycles. The summed E-state index contributed by atoms with van der Waals surface area (Å²) in [5.74, 6) is -2.07. The highest BCUT2D eigenvalue weighted by atomic mass is 16.7. The van der Waals surface area contributed by atoms with Crippen LogP contribution < -0.4 is 0 Å². The highest BCUT2D eigenvalue weighted by molar-refractivity contribution is 5.71. The maximum Gasteiger partial charge on any atom is 0.361 e. The largest absolute Gasteiger partial charge is 0.477 e. The van der Waals surface area contributed by atoms with E-state index in [-0.39, 0.29) is 38.6 Å². The Kier molecular flexibility index (Phi) is 66.4. The average Bonchev–Trinajstić information content (AvgIpc) is 3.46. The third kappa shape index (κ3) is 71.9. The summed E-state index contributed by atoms with van der Waals surface area (Å²) in [7, 11) is 5.95. The van der Waals surface area contributed by atoms with Crippen molar-refractivity contribution in [1.29, 1.82) is 0 Å². The molecule has 0 radical (unpaired) electrons. The SMILES string of the molecule is CC/C=C\C/C=C\C/C=C\C/C=C\C/C=C\C/C=C\C/C=C\C/C=C\C/C=C\C/C=C\CCCCC(=O)OC(COC(=O)CCCCCCCCCCCCCCCCCCCCCC/C=C\C/C=C\C/C=C\C/C=C\CC)COC(OCC[N+](C)(C)C)C(=O)O. The van der Waals surface area contributed by atoms with Crippen LogP contribution in [-0.4, -0.2) is 87.4 Å². The summed E-state index contributed by atoms with van der Waals surface area (Å²) >= 11 is 0. The van der Waals surface area contributed by atoms with E-state index < -0.39 is 24.3 Å². The third-order valence-corrected chi connectivity index (χ3v) is 15.0. The van der Waals surface area contributed by atoms with Gasteiger partial charge in [0.05, 0.1) is 34.4 Å². The number of quaternary nitrogens is 1. The minimum Gasteiger partial charge on any atom is -0.477 e. The van der Waals surface area contributed by atoms with Crippen LogP contribution >= 0.6 is 0 Å². The molecule has 0 aliphatic heterocycles. The first-order chi connectivity index (χ1) is 44.6. The number of carbonyl (C=O) groups is 3. The van der Waals surface area contributed by atoms with Crippen LogP contribution in [0.5, 0.6) is 0 Å². The van der Waals surface area contributed by atoms with Crippen LogP contribution in [0.25, 0.3) is 0 Å². The quantitative estimate of drug-likeness (QED) is 0.0211. The van der Waals surface area contributed by atoms with Crippen molar-refractivity contribution in [2.75, 3.05) is 47.5 Å². The molecule has 0 aromatic heterocycles. The van der Waals surface area contributed by atoms with E-state index in [1.807, 2.05) is 21.1 Å². The molecule has 2 unspecified atom stereocenters. The highest BCUT2D eigenvalue weighted by Crippen LogP contribution is 2.17. The van der Waals surface area contributed by atoms with Gasteiger partial charge in [0.1, 0.15) is 13.2 Å². The van der Waals surface area contributed by atoms with Gasteiger partial charge in [-0.1, -0.05) is 300 Å². The first kappa shape index (κ1) is 85.7. The number of unbranched alkanes of at least 4 members (excludes halogenated alkanes) is 22. The van der Waals surface area contributed by atoms with Crippen molar-refractivity contribution >= 4 is 17.9 Å². The molecule has 9 heteroatoms. The number of carbonyl (C=O) groups excluding carboxylic acids is 2. The van der Waals surface area contributed by atoms with Gasteiger partial charge in [0.15, 0.2) is 6.10 Å². The maximum atomic E-state index is 12.9. The zero-order valence-electron chi connectivity index (χ0n) is 58.7. The molecule has 514 valence electrons. The van der Waals surface area contributed by atoms with E-state index in [1.54, 1.807) is 0 Å². The van der Waals surface area contributed by atoms with Crippen LogP contribution in [0.15, 0.2) is 170 Å². The van der Waals surface area contributed by atoms with Gasteiger partial charge in [-0.15, -0.1) is 0 Å². The molecule has 0 aliphatic carbocycles. The van der Waals surface area contributed by atoms with Crippen molar-refractivity contribution in [2.24, 2.45) is 0 Å². The summed E-state index contributed by atoms with van der Waals surface area (Å²) < 4.78 is 22.9. The lowest BCUT2D eigenvalue weighted by Gasteiger charge is -2.25. The first-order valence-corrected chi connectivity index (χ1v) is 36.3. The fourth-order valence-corrected chi connectivity index (χ4v) is 9.50. The van der Waals surface area contributed by atoms with E-state index in [0.717, 1.165) is 122 Å². The molecule has 0 aromatic rings. The zero-order valence-corrected chi connectivity index (χ0v) is 58.7. The number of ether oxygens (including phenoxy) is 4. The molecule has 0 fully saturated rings. The number of esters is 2. The van der Waals surface area contributed by atoms with Gasteiger partial charge in [-0.25, -0.2) is 4.79 Å². The van der Waals surface area contributed by atoms with Gasteiger partial charge in [-0.05, 0) is 128 Å². The average molecular weight is 1260 g/mol. The van der Waals surface area contributed by atoms with Gasteiger partial charge in [0, 0.05) is 12.8 Å².